The summed E-state index contributed by atoms with van der Waals surface area (Å²) in [7, 11) is 0. The Hall–Kier alpha value is -2.70. The molecule has 0 aliphatic rings. The molecule has 98 valence electrons. The van der Waals surface area contributed by atoms with Crippen LogP contribution in [-0.2, 0) is 4.79 Å². The highest BCUT2D eigenvalue weighted by molar-refractivity contribution is 6.02. The second kappa shape index (κ2) is 5.30. The van der Waals surface area contributed by atoms with Crippen molar-refractivity contribution in [1.82, 2.24) is 14.8 Å². The molecule has 1 unspecified atom stereocenters. The van der Waals surface area contributed by atoms with Crippen LogP contribution in [0.15, 0.2) is 36.7 Å². The molecule has 0 bridgehead atoms. The molecule has 2 heterocycles. The molecule has 0 fully saturated rings. The van der Waals surface area contributed by atoms with E-state index in [9.17, 15) is 9.59 Å². The highest BCUT2D eigenvalue weighted by Crippen LogP contribution is 2.08. The van der Waals surface area contributed by atoms with Gasteiger partial charge in [-0.15, -0.1) is 0 Å². The van der Waals surface area contributed by atoms with E-state index in [1.807, 2.05) is 0 Å². The molecule has 0 saturated heterocycles. The molecule has 0 spiro atoms. The van der Waals surface area contributed by atoms with Crippen LogP contribution in [-0.4, -0.2) is 31.7 Å². The number of amides is 1. The number of hydrogen-bond donors (Lipinski definition) is 2. The number of hydrogen-bond acceptors (Lipinski definition) is 4. The summed E-state index contributed by atoms with van der Waals surface area (Å²) in [5.41, 5.74) is 0.138. The second-order valence-electron chi connectivity index (χ2n) is 3.86. The molecule has 7 heteroatoms. The van der Waals surface area contributed by atoms with Gasteiger partial charge in [0.1, 0.15) is 11.9 Å². The van der Waals surface area contributed by atoms with Crippen molar-refractivity contribution < 1.29 is 14.7 Å². The van der Waals surface area contributed by atoms with Crippen molar-refractivity contribution in [2.24, 2.45) is 0 Å². The second-order valence-corrected chi connectivity index (χ2v) is 3.86. The first-order valence-electron chi connectivity index (χ1n) is 5.58. The highest BCUT2D eigenvalue weighted by atomic mass is 16.4. The minimum atomic E-state index is -1.01. The van der Waals surface area contributed by atoms with Crippen molar-refractivity contribution >= 4 is 17.7 Å². The first kappa shape index (κ1) is 12.7. The zero-order valence-electron chi connectivity index (χ0n) is 10.1. The Kier molecular flexibility index (Phi) is 3.56. The molecule has 0 saturated carbocycles. The van der Waals surface area contributed by atoms with Crippen LogP contribution >= 0.6 is 0 Å². The molecule has 7 nitrogen and oxygen atoms in total. The lowest BCUT2D eigenvalue weighted by Gasteiger charge is -2.05. The van der Waals surface area contributed by atoms with Gasteiger partial charge in [0, 0.05) is 12.4 Å². The van der Waals surface area contributed by atoms with Gasteiger partial charge in [-0.3, -0.25) is 9.48 Å². The minimum absolute atomic E-state index is 0.138. The van der Waals surface area contributed by atoms with Gasteiger partial charge in [-0.1, -0.05) is 6.07 Å². The Balaban J connectivity index is 2.10. The van der Waals surface area contributed by atoms with E-state index >= 15 is 0 Å². The van der Waals surface area contributed by atoms with Crippen molar-refractivity contribution in [3.63, 3.8) is 0 Å². The average molecular weight is 260 g/mol. The van der Waals surface area contributed by atoms with Crippen LogP contribution < -0.4 is 5.32 Å². The lowest BCUT2D eigenvalue weighted by Crippen LogP contribution is -2.18. The van der Waals surface area contributed by atoms with E-state index in [0.717, 1.165) is 0 Å². The van der Waals surface area contributed by atoms with Crippen LogP contribution in [0.1, 0.15) is 23.5 Å². The normalized spacial score (nSPS) is 11.8. The van der Waals surface area contributed by atoms with E-state index < -0.39 is 17.9 Å². The molecule has 2 N–H and O–H groups in total. The van der Waals surface area contributed by atoms with Crippen LogP contribution in [0.3, 0.4) is 0 Å². The number of anilines is 1. The predicted molar refractivity (Wildman–Crippen MR) is 66.8 cm³/mol. The molecule has 0 aliphatic carbocycles. The number of aliphatic carboxylic acids is 1. The summed E-state index contributed by atoms with van der Waals surface area (Å²) < 4.78 is 1.22. The zero-order valence-corrected chi connectivity index (χ0v) is 10.1. The molecular weight excluding hydrogens is 248 g/mol. The Labute approximate surface area is 108 Å². The van der Waals surface area contributed by atoms with Gasteiger partial charge in [-0.25, -0.2) is 9.78 Å². The summed E-state index contributed by atoms with van der Waals surface area (Å²) in [4.78, 5) is 26.6. The van der Waals surface area contributed by atoms with Crippen LogP contribution in [0, 0.1) is 0 Å². The average Bonchev–Trinajstić information content (AvgIpc) is 2.88. The van der Waals surface area contributed by atoms with Crippen molar-refractivity contribution in [2.75, 3.05) is 5.32 Å². The Bertz CT molecular complexity index is 594. The number of pyridine rings is 1. The van der Waals surface area contributed by atoms with Gasteiger partial charge >= 0.3 is 5.97 Å². The van der Waals surface area contributed by atoms with Crippen molar-refractivity contribution in [3.05, 3.63) is 42.4 Å². The van der Waals surface area contributed by atoms with Crippen LogP contribution in [0.25, 0.3) is 0 Å². The van der Waals surface area contributed by atoms with E-state index in [1.54, 1.807) is 24.4 Å². The summed E-state index contributed by atoms with van der Waals surface area (Å²) in [6, 6.07) is 5.76. The first-order valence-corrected chi connectivity index (χ1v) is 5.58. The summed E-state index contributed by atoms with van der Waals surface area (Å²) in [5.74, 6) is -1.04. The third-order valence-corrected chi connectivity index (χ3v) is 2.50. The van der Waals surface area contributed by atoms with Crippen molar-refractivity contribution in [1.29, 1.82) is 0 Å². The first-order chi connectivity index (χ1) is 9.08. The molecular formula is C12H12N4O3. The summed E-state index contributed by atoms with van der Waals surface area (Å²) in [5, 5.41) is 15.3. The quantitative estimate of drug-likeness (QED) is 0.860. The lowest BCUT2D eigenvalue weighted by molar-refractivity contribution is -0.140. The van der Waals surface area contributed by atoms with Crippen molar-refractivity contribution in [2.45, 2.75) is 13.0 Å². The third-order valence-electron chi connectivity index (χ3n) is 2.50. The molecule has 2 aromatic rings. The fourth-order valence-electron chi connectivity index (χ4n) is 1.41. The Morgan fingerprint density at radius 2 is 2.16 bits per heavy atom. The van der Waals surface area contributed by atoms with E-state index in [1.165, 1.54) is 23.9 Å². The molecule has 2 aromatic heterocycles. The number of aromatic nitrogens is 3. The van der Waals surface area contributed by atoms with Gasteiger partial charge in [0.05, 0.1) is 0 Å². The number of nitrogens with one attached hydrogen (secondary N) is 1. The third kappa shape index (κ3) is 2.95. The van der Waals surface area contributed by atoms with Gasteiger partial charge in [0.25, 0.3) is 5.91 Å². The smallest absolute Gasteiger partial charge is 0.328 e. The number of carboxylic acid groups (broad SMARTS) is 1. The van der Waals surface area contributed by atoms with E-state index in [2.05, 4.69) is 15.4 Å². The SMILES string of the molecule is CC(C(=O)O)n1ccc(C(=O)Nc2ccccn2)n1. The number of nitrogens with zero attached hydrogens (tertiary/aromatic N) is 3. The largest absolute Gasteiger partial charge is 0.480 e. The Morgan fingerprint density at radius 1 is 1.37 bits per heavy atom. The van der Waals surface area contributed by atoms with Crippen molar-refractivity contribution in [3.8, 4) is 0 Å². The highest BCUT2D eigenvalue weighted by Gasteiger charge is 2.17. The van der Waals surface area contributed by atoms with E-state index in [0.29, 0.717) is 5.82 Å². The van der Waals surface area contributed by atoms with Gasteiger partial charge < -0.3 is 10.4 Å². The topological polar surface area (TPSA) is 97.1 Å². The molecule has 0 radical (unpaired) electrons. The van der Waals surface area contributed by atoms with Gasteiger partial charge in [-0.05, 0) is 25.1 Å². The fourth-order valence-corrected chi connectivity index (χ4v) is 1.41. The maximum absolute atomic E-state index is 11.8. The van der Waals surface area contributed by atoms with Crippen LogP contribution in [0.4, 0.5) is 5.82 Å². The lowest BCUT2D eigenvalue weighted by atomic mass is 10.3. The fraction of sp³-hybridized carbons (Fsp3) is 0.167. The van der Waals surface area contributed by atoms with Gasteiger partial charge in [0.2, 0.25) is 0 Å². The van der Waals surface area contributed by atoms with E-state index in [-0.39, 0.29) is 5.69 Å². The van der Waals surface area contributed by atoms with Gasteiger partial charge in [-0.2, -0.15) is 5.10 Å². The molecule has 2 rings (SSSR count). The van der Waals surface area contributed by atoms with E-state index in [4.69, 9.17) is 5.11 Å². The standard InChI is InChI=1S/C12H12N4O3/c1-8(12(18)19)16-7-5-9(15-16)11(17)14-10-4-2-3-6-13-10/h2-8H,1H3,(H,18,19)(H,13,14,17). The molecule has 0 aliphatic heterocycles. The predicted octanol–water partition coefficient (Wildman–Crippen LogP) is 1.18. The number of rotatable bonds is 4. The molecule has 1 atom stereocenters. The van der Waals surface area contributed by atoms with Gasteiger partial charge in [0.15, 0.2) is 5.69 Å². The molecule has 1 amide bonds. The van der Waals surface area contributed by atoms with Crippen LogP contribution in [0.2, 0.25) is 0 Å². The van der Waals surface area contributed by atoms with Crippen LogP contribution in [0.5, 0.6) is 0 Å². The summed E-state index contributed by atoms with van der Waals surface area (Å²) in [6.07, 6.45) is 3.01. The maximum atomic E-state index is 11.8. The zero-order chi connectivity index (χ0) is 13.8. The maximum Gasteiger partial charge on any atom is 0.328 e. The number of carbonyl (C=O) groups excluding carboxylic acids is 1. The summed E-state index contributed by atoms with van der Waals surface area (Å²) >= 11 is 0. The monoisotopic (exact) mass is 260 g/mol. The molecule has 19 heavy (non-hydrogen) atoms. The molecule has 0 aromatic carbocycles. The number of carbonyl (C=O) groups is 2. The Morgan fingerprint density at radius 3 is 2.79 bits per heavy atom. The summed E-state index contributed by atoms with van der Waals surface area (Å²) in [6.45, 7) is 1.48. The number of carboxylic acids is 1. The minimum Gasteiger partial charge on any atom is -0.480 e.